The molecule has 2 heterocycles. The number of nitrogens with one attached hydrogen (secondary N) is 1. The number of hydrogen-bond acceptors (Lipinski definition) is 3. The lowest BCUT2D eigenvalue weighted by Crippen LogP contribution is -2.43. The summed E-state index contributed by atoms with van der Waals surface area (Å²) in [4.78, 5) is 19.2. The minimum absolute atomic E-state index is 0.101. The van der Waals surface area contributed by atoms with Crippen LogP contribution in [-0.4, -0.2) is 28.4 Å². The zero-order chi connectivity index (χ0) is 17.6. The first-order valence-electron chi connectivity index (χ1n) is 9.33. The lowest BCUT2D eigenvalue weighted by atomic mass is 9.99. The fourth-order valence-corrected chi connectivity index (χ4v) is 3.47. The average Bonchev–Trinajstić information content (AvgIpc) is 2.68. The van der Waals surface area contributed by atoms with Gasteiger partial charge in [0.1, 0.15) is 0 Å². The minimum atomic E-state index is 0.101. The summed E-state index contributed by atoms with van der Waals surface area (Å²) in [5.74, 6) is 0.101. The van der Waals surface area contributed by atoms with E-state index >= 15 is 0 Å². The monoisotopic (exact) mass is 337 g/mol. The Morgan fingerprint density at radius 1 is 1.16 bits per heavy atom. The van der Waals surface area contributed by atoms with E-state index in [4.69, 9.17) is 0 Å². The van der Waals surface area contributed by atoms with Crippen LogP contribution in [0.25, 0.3) is 0 Å². The van der Waals surface area contributed by atoms with Crippen molar-refractivity contribution in [3.63, 3.8) is 0 Å². The molecule has 4 heteroatoms. The Balaban J connectivity index is 1.74. The van der Waals surface area contributed by atoms with Gasteiger partial charge in [0.25, 0.3) is 5.91 Å². The number of amides is 1. The standard InChI is InChI=1S/C21H27N3O/c1-3-16-8-10-18(11-9-16)23-19-13-17(14-22-15-19)21(25)24-12-6-5-7-20(24)4-2/h8-11,13-15,20,23H,3-7,12H2,1-2H3. The molecule has 1 aromatic carbocycles. The van der Waals surface area contributed by atoms with Crippen LogP contribution in [-0.2, 0) is 6.42 Å². The topological polar surface area (TPSA) is 45.2 Å². The van der Waals surface area contributed by atoms with Crippen molar-refractivity contribution in [1.82, 2.24) is 9.88 Å². The number of anilines is 2. The van der Waals surface area contributed by atoms with Gasteiger partial charge < -0.3 is 10.2 Å². The zero-order valence-electron chi connectivity index (χ0n) is 15.2. The first-order valence-corrected chi connectivity index (χ1v) is 9.33. The number of piperidine rings is 1. The highest BCUT2D eigenvalue weighted by Gasteiger charge is 2.26. The molecule has 0 bridgehead atoms. The molecule has 0 spiro atoms. The number of likely N-dealkylation sites (tertiary alicyclic amines) is 1. The van der Waals surface area contributed by atoms with E-state index in [0.29, 0.717) is 11.6 Å². The predicted molar refractivity (Wildman–Crippen MR) is 102 cm³/mol. The number of aryl methyl sites for hydroxylation is 1. The second-order valence-corrected chi connectivity index (χ2v) is 6.69. The molecule has 1 amide bonds. The molecule has 1 aliphatic heterocycles. The van der Waals surface area contributed by atoms with Gasteiger partial charge in [0, 0.05) is 24.5 Å². The zero-order valence-corrected chi connectivity index (χ0v) is 15.2. The van der Waals surface area contributed by atoms with Crippen molar-refractivity contribution >= 4 is 17.3 Å². The third-order valence-electron chi connectivity index (χ3n) is 5.00. The number of hydrogen-bond donors (Lipinski definition) is 1. The van der Waals surface area contributed by atoms with Gasteiger partial charge in [-0.2, -0.15) is 0 Å². The van der Waals surface area contributed by atoms with Crippen LogP contribution in [0.2, 0.25) is 0 Å². The van der Waals surface area contributed by atoms with Crippen LogP contribution in [0, 0.1) is 0 Å². The van der Waals surface area contributed by atoms with Gasteiger partial charge in [-0.3, -0.25) is 9.78 Å². The highest BCUT2D eigenvalue weighted by molar-refractivity contribution is 5.95. The summed E-state index contributed by atoms with van der Waals surface area (Å²) < 4.78 is 0. The smallest absolute Gasteiger partial charge is 0.255 e. The third-order valence-corrected chi connectivity index (χ3v) is 5.00. The first-order chi connectivity index (χ1) is 12.2. The molecule has 1 aliphatic rings. The molecule has 1 unspecified atom stereocenters. The van der Waals surface area contributed by atoms with Crippen LogP contribution in [0.4, 0.5) is 11.4 Å². The van der Waals surface area contributed by atoms with E-state index in [0.717, 1.165) is 43.6 Å². The molecular weight excluding hydrogens is 310 g/mol. The van der Waals surface area contributed by atoms with Crippen molar-refractivity contribution in [2.75, 3.05) is 11.9 Å². The maximum atomic E-state index is 12.9. The fourth-order valence-electron chi connectivity index (χ4n) is 3.47. The Bertz CT molecular complexity index is 711. The molecule has 25 heavy (non-hydrogen) atoms. The summed E-state index contributed by atoms with van der Waals surface area (Å²) in [6, 6.07) is 10.6. The van der Waals surface area contributed by atoms with Gasteiger partial charge in [-0.1, -0.05) is 26.0 Å². The molecule has 1 atom stereocenters. The van der Waals surface area contributed by atoms with Gasteiger partial charge in [0.05, 0.1) is 17.4 Å². The second-order valence-electron chi connectivity index (χ2n) is 6.69. The van der Waals surface area contributed by atoms with E-state index in [2.05, 4.69) is 48.4 Å². The SMILES string of the molecule is CCc1ccc(Nc2cncc(C(=O)N3CCCCC3CC)c2)cc1. The van der Waals surface area contributed by atoms with Crippen LogP contribution >= 0.6 is 0 Å². The molecule has 0 saturated carbocycles. The number of carbonyl (C=O) groups excluding carboxylic acids is 1. The summed E-state index contributed by atoms with van der Waals surface area (Å²) in [5, 5.41) is 3.35. The Labute approximate surface area is 150 Å². The molecule has 1 saturated heterocycles. The number of nitrogens with zero attached hydrogens (tertiary/aromatic N) is 2. The van der Waals surface area contributed by atoms with Gasteiger partial charge in [0.2, 0.25) is 0 Å². The van der Waals surface area contributed by atoms with Crippen molar-refractivity contribution in [3.05, 3.63) is 53.9 Å². The van der Waals surface area contributed by atoms with Gasteiger partial charge in [-0.15, -0.1) is 0 Å². The maximum Gasteiger partial charge on any atom is 0.255 e. The predicted octanol–water partition coefficient (Wildman–Crippen LogP) is 4.79. The highest BCUT2D eigenvalue weighted by Crippen LogP contribution is 2.23. The molecule has 1 fully saturated rings. The van der Waals surface area contributed by atoms with Crippen molar-refractivity contribution in [1.29, 1.82) is 0 Å². The number of aromatic nitrogens is 1. The van der Waals surface area contributed by atoms with Crippen LogP contribution in [0.1, 0.15) is 55.5 Å². The molecule has 0 radical (unpaired) electrons. The van der Waals surface area contributed by atoms with Gasteiger partial charge >= 0.3 is 0 Å². The Hall–Kier alpha value is -2.36. The van der Waals surface area contributed by atoms with E-state index < -0.39 is 0 Å². The van der Waals surface area contributed by atoms with E-state index in [1.54, 1.807) is 12.4 Å². The number of rotatable bonds is 5. The summed E-state index contributed by atoms with van der Waals surface area (Å²) >= 11 is 0. The van der Waals surface area contributed by atoms with Gasteiger partial charge in [-0.25, -0.2) is 0 Å². The van der Waals surface area contributed by atoms with Crippen LogP contribution in [0.3, 0.4) is 0 Å². The molecule has 132 valence electrons. The van der Waals surface area contributed by atoms with Crippen LogP contribution in [0.15, 0.2) is 42.7 Å². The second kappa shape index (κ2) is 8.15. The summed E-state index contributed by atoms with van der Waals surface area (Å²) in [6.07, 6.45) is 8.90. The van der Waals surface area contributed by atoms with Crippen LogP contribution < -0.4 is 5.32 Å². The van der Waals surface area contributed by atoms with Crippen LogP contribution in [0.5, 0.6) is 0 Å². The quantitative estimate of drug-likeness (QED) is 0.853. The normalized spacial score (nSPS) is 17.4. The molecule has 1 aromatic heterocycles. The van der Waals surface area contributed by atoms with E-state index in [1.807, 2.05) is 11.0 Å². The van der Waals surface area contributed by atoms with Crippen molar-refractivity contribution < 1.29 is 4.79 Å². The Morgan fingerprint density at radius 2 is 1.96 bits per heavy atom. The summed E-state index contributed by atoms with van der Waals surface area (Å²) in [7, 11) is 0. The number of pyridine rings is 1. The van der Waals surface area contributed by atoms with E-state index in [1.165, 1.54) is 12.0 Å². The number of carbonyl (C=O) groups is 1. The van der Waals surface area contributed by atoms with E-state index in [-0.39, 0.29) is 5.91 Å². The molecule has 1 N–H and O–H groups in total. The average molecular weight is 337 g/mol. The van der Waals surface area contributed by atoms with Gasteiger partial charge in [0.15, 0.2) is 0 Å². The van der Waals surface area contributed by atoms with E-state index in [9.17, 15) is 4.79 Å². The first kappa shape index (κ1) is 17.5. The largest absolute Gasteiger partial charge is 0.354 e. The molecular formula is C21H27N3O. The minimum Gasteiger partial charge on any atom is -0.354 e. The lowest BCUT2D eigenvalue weighted by molar-refractivity contribution is 0.0607. The fraction of sp³-hybridized carbons (Fsp3) is 0.429. The molecule has 3 rings (SSSR count). The lowest BCUT2D eigenvalue weighted by Gasteiger charge is -2.35. The Kier molecular flexibility index (Phi) is 5.69. The van der Waals surface area contributed by atoms with Crippen molar-refractivity contribution in [2.24, 2.45) is 0 Å². The molecule has 4 nitrogen and oxygen atoms in total. The Morgan fingerprint density at radius 3 is 2.68 bits per heavy atom. The molecule has 2 aromatic rings. The van der Waals surface area contributed by atoms with Crippen molar-refractivity contribution in [2.45, 2.75) is 52.0 Å². The summed E-state index contributed by atoms with van der Waals surface area (Å²) in [6.45, 7) is 5.16. The van der Waals surface area contributed by atoms with Crippen molar-refractivity contribution in [3.8, 4) is 0 Å². The maximum absolute atomic E-state index is 12.9. The summed E-state index contributed by atoms with van der Waals surface area (Å²) in [5.41, 5.74) is 3.83. The third kappa shape index (κ3) is 4.19. The highest BCUT2D eigenvalue weighted by atomic mass is 16.2. The molecule has 0 aliphatic carbocycles. The number of benzene rings is 1. The van der Waals surface area contributed by atoms with Gasteiger partial charge in [-0.05, 0) is 55.9 Å².